The second-order valence-corrected chi connectivity index (χ2v) is 2.08. The molecule has 1 aliphatic rings. The Morgan fingerprint density at radius 2 is 1.62 bits per heavy atom. The minimum absolute atomic E-state index is 0.0185. The van der Waals surface area contributed by atoms with Crippen LogP contribution in [0.25, 0.3) is 0 Å². The zero-order valence-corrected chi connectivity index (χ0v) is 4.96. The van der Waals surface area contributed by atoms with Crippen LogP contribution in [0.3, 0.4) is 0 Å². The monoisotopic (exact) mass is 131 g/mol. The molecular weight excluding hydrogens is 126 g/mol. The fourth-order valence-corrected chi connectivity index (χ4v) is 0.814. The number of rotatable bonds is 0. The zero-order valence-electron chi connectivity index (χ0n) is 4.14. The van der Waals surface area contributed by atoms with Crippen molar-refractivity contribution in [3.63, 3.8) is 0 Å². The van der Waals surface area contributed by atoms with Crippen LogP contribution in [-0.4, -0.2) is 11.8 Å². The Labute approximate surface area is 52.2 Å². The normalized spacial score (nSPS) is 22.6. The Morgan fingerprint density at radius 3 is 1.75 bits per heavy atom. The van der Waals surface area contributed by atoms with Gasteiger partial charge in [0, 0.05) is 0 Å². The number of carbonyl (C=O) groups excluding carboxylic acids is 2. The fourth-order valence-electron chi connectivity index (χ4n) is 0.610. The van der Waals surface area contributed by atoms with E-state index in [9.17, 15) is 9.59 Å². The van der Waals surface area contributed by atoms with Crippen molar-refractivity contribution in [3.05, 3.63) is 0 Å². The first kappa shape index (κ1) is 5.78. The number of quaternary nitrogens is 1. The lowest BCUT2D eigenvalue weighted by molar-refractivity contribution is -0.573. The maximum absolute atomic E-state index is 10.4. The van der Waals surface area contributed by atoms with E-state index in [1.807, 2.05) is 0 Å². The number of hydrogen-bond acceptors (Lipinski definition) is 3. The molecule has 0 unspecified atom stereocenters. The third-order valence-electron chi connectivity index (χ3n) is 1.09. The third kappa shape index (κ3) is 0.763. The molecule has 1 aliphatic heterocycles. The SMILES string of the molecule is O=C1CCC(=O)[NH+]1[S-]. The number of amides is 2. The first-order chi connectivity index (χ1) is 3.72. The van der Waals surface area contributed by atoms with Gasteiger partial charge in [0.25, 0.3) is 0 Å². The molecule has 3 nitrogen and oxygen atoms in total. The molecule has 0 bridgehead atoms. The molecule has 0 atom stereocenters. The fraction of sp³-hybridized carbons (Fsp3) is 0.500. The molecule has 0 aliphatic carbocycles. The molecule has 1 fully saturated rings. The lowest BCUT2D eigenvalue weighted by atomic mass is 10.4. The second kappa shape index (κ2) is 1.87. The molecule has 1 N–H and O–H groups in total. The van der Waals surface area contributed by atoms with Crippen molar-refractivity contribution in [3.8, 4) is 0 Å². The van der Waals surface area contributed by atoms with E-state index in [1.54, 1.807) is 0 Å². The highest BCUT2D eigenvalue weighted by molar-refractivity contribution is 7.52. The standard InChI is InChI=1S/C4H5NO2S/c6-3-1-2-4(7)5(3)8/h5H,1-2H2. The Bertz CT molecular complexity index is 129. The molecule has 0 aromatic heterocycles. The summed E-state index contributed by atoms with van der Waals surface area (Å²) < 4.78 is 0.0185. The van der Waals surface area contributed by atoms with Gasteiger partial charge < -0.3 is 17.1 Å². The van der Waals surface area contributed by atoms with E-state index < -0.39 is 0 Å². The quantitative estimate of drug-likeness (QED) is 0.311. The van der Waals surface area contributed by atoms with Crippen LogP contribution in [0.5, 0.6) is 0 Å². The summed E-state index contributed by atoms with van der Waals surface area (Å²) in [5.74, 6) is -0.324. The van der Waals surface area contributed by atoms with Crippen LogP contribution in [0, 0.1) is 0 Å². The average Bonchev–Trinajstić information content (AvgIpc) is 1.98. The molecule has 44 valence electrons. The summed E-state index contributed by atoms with van der Waals surface area (Å²) in [6, 6.07) is 0. The van der Waals surface area contributed by atoms with Gasteiger partial charge in [-0.1, -0.05) is 0 Å². The van der Waals surface area contributed by atoms with Gasteiger partial charge in [-0.3, -0.25) is 0 Å². The van der Waals surface area contributed by atoms with E-state index in [4.69, 9.17) is 0 Å². The van der Waals surface area contributed by atoms with Crippen LogP contribution in [0.15, 0.2) is 0 Å². The summed E-state index contributed by atoms with van der Waals surface area (Å²) in [5, 5.41) is 0. The van der Waals surface area contributed by atoms with Crippen molar-refractivity contribution in [2.24, 2.45) is 0 Å². The van der Waals surface area contributed by atoms with Gasteiger partial charge in [0.05, 0.1) is 12.8 Å². The van der Waals surface area contributed by atoms with Gasteiger partial charge in [-0.25, -0.2) is 9.59 Å². The van der Waals surface area contributed by atoms with Crippen molar-refractivity contribution in [1.82, 2.24) is 0 Å². The largest absolute Gasteiger partial charge is 0.478 e. The van der Waals surface area contributed by atoms with E-state index in [2.05, 4.69) is 12.8 Å². The van der Waals surface area contributed by atoms with Crippen LogP contribution >= 0.6 is 0 Å². The van der Waals surface area contributed by atoms with E-state index in [-0.39, 0.29) is 16.1 Å². The number of imide groups is 1. The molecule has 0 radical (unpaired) electrons. The summed E-state index contributed by atoms with van der Waals surface area (Å²) >= 11 is 4.47. The third-order valence-corrected chi connectivity index (χ3v) is 1.54. The van der Waals surface area contributed by atoms with E-state index in [1.165, 1.54) is 0 Å². The van der Waals surface area contributed by atoms with Crippen LogP contribution < -0.4 is 4.31 Å². The molecule has 0 aromatic rings. The van der Waals surface area contributed by atoms with Crippen LogP contribution in [0.2, 0.25) is 0 Å². The summed E-state index contributed by atoms with van der Waals surface area (Å²) in [4.78, 5) is 20.8. The van der Waals surface area contributed by atoms with Gasteiger partial charge in [-0.2, -0.15) is 0 Å². The maximum atomic E-state index is 10.4. The second-order valence-electron chi connectivity index (χ2n) is 1.68. The topological polar surface area (TPSA) is 38.6 Å². The van der Waals surface area contributed by atoms with Crippen molar-refractivity contribution >= 4 is 24.6 Å². The average molecular weight is 131 g/mol. The summed E-state index contributed by atoms with van der Waals surface area (Å²) in [6.45, 7) is 0. The molecular formula is C4H5NO2S. The van der Waals surface area contributed by atoms with E-state index >= 15 is 0 Å². The Balaban J connectivity index is 2.70. The van der Waals surface area contributed by atoms with Crippen LogP contribution in [-0.2, 0) is 22.4 Å². The smallest absolute Gasteiger partial charge is 0.302 e. The van der Waals surface area contributed by atoms with Crippen LogP contribution in [0.4, 0.5) is 0 Å². The molecule has 0 spiro atoms. The summed E-state index contributed by atoms with van der Waals surface area (Å²) in [7, 11) is 0. The molecule has 8 heavy (non-hydrogen) atoms. The molecule has 1 saturated heterocycles. The van der Waals surface area contributed by atoms with Crippen molar-refractivity contribution in [2.75, 3.05) is 0 Å². The van der Waals surface area contributed by atoms with Crippen molar-refractivity contribution < 1.29 is 13.9 Å². The Morgan fingerprint density at radius 1 is 1.25 bits per heavy atom. The highest BCUT2D eigenvalue weighted by atomic mass is 32.1. The van der Waals surface area contributed by atoms with Gasteiger partial charge in [-0.05, 0) is 0 Å². The summed E-state index contributed by atoms with van der Waals surface area (Å²) in [5.41, 5.74) is 0. The molecule has 2 amide bonds. The van der Waals surface area contributed by atoms with Crippen molar-refractivity contribution in [2.45, 2.75) is 12.8 Å². The summed E-state index contributed by atoms with van der Waals surface area (Å²) in [6.07, 6.45) is 0.662. The lowest BCUT2D eigenvalue weighted by Crippen LogP contribution is -3.10. The zero-order chi connectivity index (χ0) is 6.15. The van der Waals surface area contributed by atoms with E-state index in [0.717, 1.165) is 0 Å². The van der Waals surface area contributed by atoms with Crippen molar-refractivity contribution in [1.29, 1.82) is 0 Å². The first-order valence-corrected chi connectivity index (χ1v) is 2.73. The van der Waals surface area contributed by atoms with Gasteiger partial charge in [0.1, 0.15) is 0 Å². The highest BCUT2D eigenvalue weighted by Crippen LogP contribution is 1.90. The predicted molar refractivity (Wildman–Crippen MR) is 27.6 cm³/mol. The highest BCUT2D eigenvalue weighted by Gasteiger charge is 2.26. The molecule has 4 heteroatoms. The molecule has 0 aromatic carbocycles. The number of carbonyl (C=O) groups is 2. The minimum Gasteiger partial charge on any atom is -0.478 e. The number of nitrogens with one attached hydrogen (secondary N) is 1. The first-order valence-electron chi connectivity index (χ1n) is 2.32. The minimum atomic E-state index is -0.162. The number of hydrogen-bond donors (Lipinski definition) is 1. The molecule has 1 heterocycles. The Kier molecular flexibility index (Phi) is 1.35. The van der Waals surface area contributed by atoms with Gasteiger partial charge in [0.15, 0.2) is 0 Å². The van der Waals surface area contributed by atoms with Gasteiger partial charge in [0.2, 0.25) is 0 Å². The molecule has 0 saturated carbocycles. The van der Waals surface area contributed by atoms with E-state index in [0.29, 0.717) is 12.8 Å². The van der Waals surface area contributed by atoms with Crippen LogP contribution in [0.1, 0.15) is 12.8 Å². The molecule has 1 rings (SSSR count). The Hall–Kier alpha value is -0.350. The van der Waals surface area contributed by atoms with Gasteiger partial charge in [-0.15, -0.1) is 0 Å². The van der Waals surface area contributed by atoms with Gasteiger partial charge >= 0.3 is 11.8 Å². The maximum Gasteiger partial charge on any atom is 0.302 e. The lowest BCUT2D eigenvalue weighted by Gasteiger charge is -2.07. The predicted octanol–water partition coefficient (Wildman–Crippen LogP) is -1.82.